The van der Waals surface area contributed by atoms with Gasteiger partial charge >= 0.3 is 0 Å². The molecule has 2 aromatic rings. The highest BCUT2D eigenvalue weighted by atomic mass is 32.2. The van der Waals surface area contributed by atoms with E-state index < -0.39 is 15.9 Å². The topological polar surface area (TPSA) is 86.8 Å². The van der Waals surface area contributed by atoms with Gasteiger partial charge in [0.05, 0.1) is 5.92 Å². The van der Waals surface area contributed by atoms with Gasteiger partial charge in [0.25, 0.3) is 15.9 Å². The van der Waals surface area contributed by atoms with E-state index in [2.05, 4.69) is 5.32 Å². The monoisotopic (exact) mass is 449 g/mol. The third kappa shape index (κ3) is 4.91. The van der Waals surface area contributed by atoms with Crippen molar-refractivity contribution in [2.75, 3.05) is 31.5 Å². The number of anilines is 1. The lowest BCUT2D eigenvalue weighted by Gasteiger charge is -2.30. The summed E-state index contributed by atoms with van der Waals surface area (Å²) >= 11 is 1.18. The van der Waals surface area contributed by atoms with E-state index in [0.29, 0.717) is 47.9 Å². The Balaban J connectivity index is 1.64. The largest absolute Gasteiger partial charge is 0.339 e. The molecule has 1 saturated heterocycles. The van der Waals surface area contributed by atoms with Crippen molar-refractivity contribution in [2.24, 2.45) is 5.92 Å². The molecule has 162 valence electrons. The Morgan fingerprint density at radius 1 is 1.17 bits per heavy atom. The van der Waals surface area contributed by atoms with Crippen molar-refractivity contribution in [1.29, 1.82) is 0 Å². The highest BCUT2D eigenvalue weighted by Gasteiger charge is 2.33. The lowest BCUT2D eigenvalue weighted by Crippen LogP contribution is -2.43. The molecule has 1 aromatic heterocycles. The normalized spacial score (nSPS) is 17.5. The lowest BCUT2D eigenvalue weighted by atomic mass is 9.98. The Bertz CT molecular complexity index is 968. The molecule has 9 heteroatoms. The predicted molar refractivity (Wildman–Crippen MR) is 118 cm³/mol. The zero-order valence-corrected chi connectivity index (χ0v) is 18.8. The van der Waals surface area contributed by atoms with Crippen LogP contribution in [-0.4, -0.2) is 55.6 Å². The van der Waals surface area contributed by atoms with Crippen molar-refractivity contribution >= 4 is 38.9 Å². The van der Waals surface area contributed by atoms with E-state index in [4.69, 9.17) is 0 Å². The van der Waals surface area contributed by atoms with Crippen molar-refractivity contribution < 1.29 is 18.0 Å². The fourth-order valence-corrected chi connectivity index (χ4v) is 6.21. The molecule has 2 heterocycles. The molecule has 2 amide bonds. The maximum absolute atomic E-state index is 12.7. The van der Waals surface area contributed by atoms with Crippen LogP contribution in [-0.2, 0) is 14.8 Å². The van der Waals surface area contributed by atoms with Gasteiger partial charge in [0.15, 0.2) is 0 Å². The van der Waals surface area contributed by atoms with Crippen LogP contribution < -0.4 is 5.32 Å². The Hall–Kier alpha value is -2.23. The van der Waals surface area contributed by atoms with E-state index in [0.717, 1.165) is 0 Å². The summed E-state index contributed by atoms with van der Waals surface area (Å²) in [6, 6.07) is 10.1. The number of hydrogen-bond acceptors (Lipinski definition) is 5. The molecular formula is C21H27N3O4S2. The highest BCUT2D eigenvalue weighted by Crippen LogP contribution is 2.27. The van der Waals surface area contributed by atoms with Gasteiger partial charge < -0.3 is 10.2 Å². The first kappa shape index (κ1) is 22.5. The summed E-state index contributed by atoms with van der Waals surface area (Å²) < 4.78 is 27.2. The second-order valence-electron chi connectivity index (χ2n) is 7.18. The molecule has 1 fully saturated rings. The molecule has 0 saturated carbocycles. The first-order valence-corrected chi connectivity index (χ1v) is 12.4. The summed E-state index contributed by atoms with van der Waals surface area (Å²) in [7, 11) is -3.56. The fraction of sp³-hybridized carbons (Fsp3) is 0.429. The number of piperidine rings is 1. The summed E-state index contributed by atoms with van der Waals surface area (Å²) in [5.41, 5.74) is 1.16. The molecule has 0 bridgehead atoms. The number of amides is 2. The van der Waals surface area contributed by atoms with Crippen LogP contribution in [0.1, 0.15) is 37.0 Å². The maximum Gasteiger partial charge on any atom is 0.253 e. The smallest absolute Gasteiger partial charge is 0.253 e. The van der Waals surface area contributed by atoms with Gasteiger partial charge in [0.2, 0.25) is 5.91 Å². The molecule has 1 atom stereocenters. The minimum absolute atomic E-state index is 0.0421. The fourth-order valence-electron chi connectivity index (χ4n) is 3.55. The average molecular weight is 450 g/mol. The predicted octanol–water partition coefficient (Wildman–Crippen LogP) is 3.27. The lowest BCUT2D eigenvalue weighted by molar-refractivity contribution is -0.120. The van der Waals surface area contributed by atoms with Crippen molar-refractivity contribution in [3.05, 3.63) is 47.3 Å². The van der Waals surface area contributed by atoms with Crippen LogP contribution in [0.3, 0.4) is 0 Å². The van der Waals surface area contributed by atoms with E-state index in [1.807, 2.05) is 13.8 Å². The van der Waals surface area contributed by atoms with Crippen LogP contribution >= 0.6 is 11.3 Å². The van der Waals surface area contributed by atoms with Crippen molar-refractivity contribution in [1.82, 2.24) is 9.21 Å². The van der Waals surface area contributed by atoms with Gasteiger partial charge in [-0.15, -0.1) is 11.3 Å². The number of rotatable bonds is 7. The number of thiophene rings is 1. The molecule has 1 aliphatic heterocycles. The summed E-state index contributed by atoms with van der Waals surface area (Å²) in [5, 5.41) is 4.59. The SMILES string of the molecule is CCN(CC)C(=O)c1ccc(NC(=O)[C@H]2CCCN(S(=O)(=O)c3cccs3)C2)cc1. The Labute approximate surface area is 181 Å². The van der Waals surface area contributed by atoms with Gasteiger partial charge in [0, 0.05) is 37.4 Å². The molecule has 0 radical (unpaired) electrons. The molecule has 1 aliphatic rings. The van der Waals surface area contributed by atoms with Crippen LogP contribution in [0.5, 0.6) is 0 Å². The third-order valence-electron chi connectivity index (χ3n) is 5.29. The first-order chi connectivity index (χ1) is 14.4. The van der Waals surface area contributed by atoms with Crippen molar-refractivity contribution in [3.63, 3.8) is 0 Å². The molecule has 7 nitrogen and oxygen atoms in total. The first-order valence-electron chi connectivity index (χ1n) is 10.1. The van der Waals surface area contributed by atoms with Gasteiger partial charge in [-0.1, -0.05) is 6.07 Å². The van der Waals surface area contributed by atoms with Crippen LogP contribution in [0.25, 0.3) is 0 Å². The van der Waals surface area contributed by atoms with E-state index in [1.54, 1.807) is 46.7 Å². The molecule has 30 heavy (non-hydrogen) atoms. The van der Waals surface area contributed by atoms with E-state index >= 15 is 0 Å². The Morgan fingerprint density at radius 2 is 1.87 bits per heavy atom. The second-order valence-corrected chi connectivity index (χ2v) is 10.3. The number of hydrogen-bond donors (Lipinski definition) is 1. The third-order valence-corrected chi connectivity index (χ3v) is 8.53. The number of nitrogens with one attached hydrogen (secondary N) is 1. The van der Waals surface area contributed by atoms with Crippen LogP contribution in [0.2, 0.25) is 0 Å². The quantitative estimate of drug-likeness (QED) is 0.703. The molecule has 1 N–H and O–H groups in total. The number of sulfonamides is 1. The Kier molecular flexibility index (Phi) is 7.27. The minimum atomic E-state index is -3.56. The van der Waals surface area contributed by atoms with Gasteiger partial charge in [-0.2, -0.15) is 4.31 Å². The highest BCUT2D eigenvalue weighted by molar-refractivity contribution is 7.91. The average Bonchev–Trinajstić information content (AvgIpc) is 3.31. The van der Waals surface area contributed by atoms with Crippen molar-refractivity contribution in [2.45, 2.75) is 30.9 Å². The molecule has 0 spiro atoms. The summed E-state index contributed by atoms with van der Waals surface area (Å²) in [4.78, 5) is 26.9. The number of carbonyl (C=O) groups excluding carboxylic acids is 2. The number of carbonyl (C=O) groups is 2. The molecule has 0 aliphatic carbocycles. The van der Waals surface area contributed by atoms with Gasteiger partial charge in [0.1, 0.15) is 4.21 Å². The van der Waals surface area contributed by atoms with Crippen LogP contribution in [0.15, 0.2) is 46.0 Å². The van der Waals surface area contributed by atoms with Crippen LogP contribution in [0.4, 0.5) is 5.69 Å². The maximum atomic E-state index is 12.7. The van der Waals surface area contributed by atoms with E-state index in [1.165, 1.54) is 15.6 Å². The second kappa shape index (κ2) is 9.72. The number of nitrogens with zero attached hydrogens (tertiary/aromatic N) is 2. The van der Waals surface area contributed by atoms with Gasteiger partial charge in [-0.25, -0.2) is 8.42 Å². The van der Waals surface area contributed by atoms with Gasteiger partial charge in [-0.3, -0.25) is 9.59 Å². The van der Waals surface area contributed by atoms with Crippen molar-refractivity contribution in [3.8, 4) is 0 Å². The number of benzene rings is 1. The molecule has 0 unspecified atom stereocenters. The Morgan fingerprint density at radius 3 is 2.47 bits per heavy atom. The zero-order chi connectivity index (χ0) is 21.7. The minimum Gasteiger partial charge on any atom is -0.339 e. The van der Waals surface area contributed by atoms with Crippen LogP contribution in [0, 0.1) is 5.92 Å². The molecular weight excluding hydrogens is 422 g/mol. The standard InChI is InChI=1S/C21H27N3O4S2/c1-3-23(4-2)21(26)16-9-11-18(12-10-16)22-20(25)17-7-5-13-24(15-17)30(27,28)19-8-6-14-29-19/h6,8-12,14,17H,3-5,7,13,15H2,1-2H3,(H,22,25)/t17-/m0/s1. The zero-order valence-electron chi connectivity index (χ0n) is 17.2. The summed E-state index contributed by atoms with van der Waals surface area (Å²) in [6.07, 6.45) is 1.28. The molecule has 1 aromatic carbocycles. The molecule has 3 rings (SSSR count). The summed E-state index contributed by atoms with van der Waals surface area (Å²) in [6.45, 7) is 5.74. The summed E-state index contributed by atoms with van der Waals surface area (Å²) in [5.74, 6) is -0.658. The van der Waals surface area contributed by atoms with Gasteiger partial charge in [-0.05, 0) is 62.4 Å². The van der Waals surface area contributed by atoms with E-state index in [-0.39, 0.29) is 18.4 Å². The van der Waals surface area contributed by atoms with E-state index in [9.17, 15) is 18.0 Å².